The Labute approximate surface area is 178 Å². The monoisotopic (exact) mass is 397 g/mol. The Kier molecular flexibility index (Phi) is 5.04. The number of amides is 1. The molecule has 152 valence electrons. The van der Waals surface area contributed by atoms with Gasteiger partial charge in [0.2, 0.25) is 5.91 Å². The van der Waals surface area contributed by atoms with Gasteiger partial charge in [0, 0.05) is 24.8 Å². The van der Waals surface area contributed by atoms with Gasteiger partial charge in [-0.25, -0.2) is 0 Å². The molecule has 1 unspecified atom stereocenters. The topological polar surface area (TPSA) is 38.3 Å². The summed E-state index contributed by atoms with van der Waals surface area (Å²) in [6.07, 6.45) is 2.37. The predicted octanol–water partition coefficient (Wildman–Crippen LogP) is 5.04. The number of methoxy groups -OCH3 is 1. The molecule has 0 radical (unpaired) electrons. The number of benzene rings is 3. The van der Waals surface area contributed by atoms with Crippen LogP contribution in [0.5, 0.6) is 5.75 Å². The fourth-order valence-electron chi connectivity index (χ4n) is 5.34. The number of carbonyl (C=O) groups excluding carboxylic acids is 1. The van der Waals surface area contributed by atoms with Crippen LogP contribution >= 0.6 is 0 Å². The smallest absolute Gasteiger partial charge is 0.220 e. The molecular weight excluding hydrogens is 370 g/mol. The maximum Gasteiger partial charge on any atom is 0.220 e. The maximum absolute atomic E-state index is 12.5. The first-order chi connectivity index (χ1) is 14.7. The van der Waals surface area contributed by atoms with E-state index in [0.717, 1.165) is 30.7 Å². The van der Waals surface area contributed by atoms with E-state index in [1.807, 2.05) is 24.3 Å². The SMILES string of the molecule is COc1ccc(CCC(=O)NCC2CC3c4ccccc4C2c2ccccc23)cc1. The quantitative estimate of drug-likeness (QED) is 0.633. The molecule has 3 aromatic carbocycles. The van der Waals surface area contributed by atoms with Crippen LogP contribution in [-0.2, 0) is 11.2 Å². The zero-order valence-corrected chi connectivity index (χ0v) is 17.3. The summed E-state index contributed by atoms with van der Waals surface area (Å²) >= 11 is 0. The molecule has 3 nitrogen and oxygen atoms in total. The van der Waals surface area contributed by atoms with E-state index < -0.39 is 0 Å². The van der Waals surface area contributed by atoms with Crippen LogP contribution in [-0.4, -0.2) is 19.6 Å². The molecule has 2 bridgehead atoms. The van der Waals surface area contributed by atoms with Gasteiger partial charge >= 0.3 is 0 Å². The number of hydrogen-bond donors (Lipinski definition) is 1. The van der Waals surface area contributed by atoms with Crippen LogP contribution in [0.1, 0.15) is 52.5 Å². The zero-order valence-electron chi connectivity index (χ0n) is 17.3. The van der Waals surface area contributed by atoms with Crippen molar-refractivity contribution in [2.45, 2.75) is 31.1 Å². The highest BCUT2D eigenvalue weighted by Crippen LogP contribution is 2.55. The highest BCUT2D eigenvalue weighted by atomic mass is 16.5. The number of ether oxygens (including phenoxy) is 1. The zero-order chi connectivity index (χ0) is 20.5. The Bertz CT molecular complexity index is 1010. The lowest BCUT2D eigenvalue weighted by Gasteiger charge is -2.45. The molecule has 3 aromatic rings. The fourth-order valence-corrected chi connectivity index (χ4v) is 5.34. The van der Waals surface area contributed by atoms with Crippen LogP contribution in [0.3, 0.4) is 0 Å². The summed E-state index contributed by atoms with van der Waals surface area (Å²) in [4.78, 5) is 12.5. The van der Waals surface area contributed by atoms with Gasteiger partial charge in [-0.3, -0.25) is 4.79 Å². The average Bonchev–Trinajstić information content (AvgIpc) is 2.82. The summed E-state index contributed by atoms with van der Waals surface area (Å²) < 4.78 is 5.20. The van der Waals surface area contributed by atoms with Crippen LogP contribution in [0.15, 0.2) is 72.8 Å². The second kappa shape index (κ2) is 7.98. The van der Waals surface area contributed by atoms with Gasteiger partial charge in [-0.05, 0) is 58.7 Å². The molecule has 0 heterocycles. The van der Waals surface area contributed by atoms with Gasteiger partial charge in [0.25, 0.3) is 0 Å². The molecule has 3 heteroatoms. The van der Waals surface area contributed by atoms with Crippen molar-refractivity contribution in [2.75, 3.05) is 13.7 Å². The van der Waals surface area contributed by atoms with Crippen molar-refractivity contribution in [1.82, 2.24) is 5.32 Å². The van der Waals surface area contributed by atoms with Crippen LogP contribution in [0, 0.1) is 5.92 Å². The highest BCUT2D eigenvalue weighted by molar-refractivity contribution is 5.76. The third kappa shape index (κ3) is 3.39. The predicted molar refractivity (Wildman–Crippen MR) is 119 cm³/mol. The van der Waals surface area contributed by atoms with E-state index in [4.69, 9.17) is 4.74 Å². The van der Waals surface area contributed by atoms with E-state index in [1.54, 1.807) is 7.11 Å². The van der Waals surface area contributed by atoms with E-state index in [-0.39, 0.29) is 5.91 Å². The molecule has 0 saturated heterocycles. The minimum atomic E-state index is 0.133. The largest absolute Gasteiger partial charge is 0.497 e. The summed E-state index contributed by atoms with van der Waals surface area (Å²) in [5.41, 5.74) is 7.01. The molecule has 0 spiro atoms. The van der Waals surface area contributed by atoms with E-state index in [2.05, 4.69) is 53.8 Å². The van der Waals surface area contributed by atoms with Crippen LogP contribution in [0.25, 0.3) is 0 Å². The van der Waals surface area contributed by atoms with Crippen molar-refractivity contribution in [3.8, 4) is 5.75 Å². The molecule has 0 aromatic heterocycles. The minimum absolute atomic E-state index is 0.133. The number of fused-ring (bicyclic) bond motifs is 1. The minimum Gasteiger partial charge on any atom is -0.497 e. The molecule has 0 aliphatic heterocycles. The summed E-state index contributed by atoms with van der Waals surface area (Å²) in [6, 6.07) is 25.7. The van der Waals surface area contributed by atoms with E-state index in [9.17, 15) is 4.79 Å². The summed E-state index contributed by atoms with van der Waals surface area (Å²) in [5.74, 6) is 2.25. The van der Waals surface area contributed by atoms with Crippen molar-refractivity contribution in [3.05, 3.63) is 101 Å². The van der Waals surface area contributed by atoms with Gasteiger partial charge in [0.1, 0.15) is 5.75 Å². The third-order valence-electron chi connectivity index (χ3n) is 6.78. The van der Waals surface area contributed by atoms with Gasteiger partial charge in [-0.15, -0.1) is 0 Å². The van der Waals surface area contributed by atoms with Crippen molar-refractivity contribution in [1.29, 1.82) is 0 Å². The Hall–Kier alpha value is -3.07. The molecular formula is C27H27NO2. The van der Waals surface area contributed by atoms with Gasteiger partial charge < -0.3 is 10.1 Å². The van der Waals surface area contributed by atoms with E-state index in [1.165, 1.54) is 22.3 Å². The number of aryl methyl sites for hydroxylation is 1. The van der Waals surface area contributed by atoms with Crippen LogP contribution in [0.2, 0.25) is 0 Å². The van der Waals surface area contributed by atoms with Crippen LogP contribution < -0.4 is 10.1 Å². The molecule has 1 amide bonds. The van der Waals surface area contributed by atoms with Crippen molar-refractivity contribution < 1.29 is 9.53 Å². The first-order valence-corrected chi connectivity index (χ1v) is 10.8. The van der Waals surface area contributed by atoms with Crippen molar-refractivity contribution >= 4 is 5.91 Å². The summed E-state index contributed by atoms with van der Waals surface area (Å²) in [7, 11) is 1.66. The molecule has 0 fully saturated rings. The van der Waals surface area contributed by atoms with Gasteiger partial charge in [-0.1, -0.05) is 60.7 Å². The fraction of sp³-hybridized carbons (Fsp3) is 0.296. The molecule has 0 saturated carbocycles. The van der Waals surface area contributed by atoms with E-state index in [0.29, 0.717) is 24.2 Å². The Morgan fingerprint density at radius 2 is 1.50 bits per heavy atom. The van der Waals surface area contributed by atoms with Crippen LogP contribution in [0.4, 0.5) is 0 Å². The van der Waals surface area contributed by atoms with Gasteiger partial charge in [0.05, 0.1) is 7.11 Å². The maximum atomic E-state index is 12.5. The molecule has 1 N–H and O–H groups in total. The Morgan fingerprint density at radius 3 is 2.10 bits per heavy atom. The van der Waals surface area contributed by atoms with Crippen molar-refractivity contribution in [3.63, 3.8) is 0 Å². The standard InChI is InChI=1S/C27H27NO2/c1-30-20-13-10-18(11-14-20)12-15-26(29)28-17-19-16-25-21-6-2-4-8-23(21)27(19)24-9-5-3-7-22(24)25/h2-11,13-14,19,25,27H,12,15-17H2,1H3,(H,28,29). The number of nitrogens with one attached hydrogen (secondary N) is 1. The lowest BCUT2D eigenvalue weighted by atomic mass is 9.59. The lowest BCUT2D eigenvalue weighted by molar-refractivity contribution is -0.121. The summed E-state index contributed by atoms with van der Waals surface area (Å²) in [5, 5.41) is 3.23. The molecule has 6 rings (SSSR count). The Balaban J connectivity index is 1.25. The average molecular weight is 398 g/mol. The first-order valence-electron chi connectivity index (χ1n) is 10.8. The van der Waals surface area contributed by atoms with Gasteiger partial charge in [0.15, 0.2) is 0 Å². The normalized spacial score (nSPS) is 20.9. The van der Waals surface area contributed by atoms with Crippen molar-refractivity contribution in [2.24, 2.45) is 5.92 Å². The molecule has 30 heavy (non-hydrogen) atoms. The second-order valence-corrected chi connectivity index (χ2v) is 8.44. The lowest BCUT2D eigenvalue weighted by Crippen LogP contribution is -2.39. The van der Waals surface area contributed by atoms with E-state index >= 15 is 0 Å². The number of hydrogen-bond acceptors (Lipinski definition) is 2. The number of carbonyl (C=O) groups is 1. The second-order valence-electron chi connectivity index (χ2n) is 8.44. The Morgan fingerprint density at radius 1 is 0.900 bits per heavy atom. The molecule has 3 aliphatic carbocycles. The summed E-state index contributed by atoms with van der Waals surface area (Å²) in [6.45, 7) is 0.741. The third-order valence-corrected chi connectivity index (χ3v) is 6.78. The van der Waals surface area contributed by atoms with Gasteiger partial charge in [-0.2, -0.15) is 0 Å². The number of rotatable bonds is 6. The highest BCUT2D eigenvalue weighted by Gasteiger charge is 2.42. The first kappa shape index (κ1) is 18.9. The molecule has 1 atom stereocenters. The molecule has 3 aliphatic rings.